The second-order valence-electron chi connectivity index (χ2n) is 7.96. The molecule has 1 aromatic carbocycles. The quantitative estimate of drug-likeness (QED) is 0.779. The number of benzene rings is 1. The number of piperazine rings is 1. The van der Waals surface area contributed by atoms with Crippen LogP contribution in [0.5, 0.6) is 0 Å². The average Bonchev–Trinajstić information content (AvgIpc) is 2.52. The van der Waals surface area contributed by atoms with Crippen molar-refractivity contribution < 1.29 is 9.59 Å². The third kappa shape index (κ3) is 5.45. The highest BCUT2D eigenvalue weighted by Crippen LogP contribution is 2.17. The van der Waals surface area contributed by atoms with E-state index in [2.05, 4.69) is 25.7 Å². The summed E-state index contributed by atoms with van der Waals surface area (Å²) < 4.78 is 0. The lowest BCUT2D eigenvalue weighted by Gasteiger charge is -2.37. The summed E-state index contributed by atoms with van der Waals surface area (Å²) >= 11 is 0. The van der Waals surface area contributed by atoms with E-state index in [0.717, 1.165) is 43.9 Å². The van der Waals surface area contributed by atoms with Crippen molar-refractivity contribution in [2.24, 2.45) is 5.41 Å². The summed E-state index contributed by atoms with van der Waals surface area (Å²) in [5.41, 5.74) is 2.00. The highest BCUT2D eigenvalue weighted by molar-refractivity contribution is 5.99. The van der Waals surface area contributed by atoms with Gasteiger partial charge >= 0.3 is 0 Å². The lowest BCUT2D eigenvalue weighted by atomic mass is 9.96. The molecule has 1 aromatic rings. The molecule has 132 valence electrons. The minimum Gasteiger partial charge on any atom is -0.340 e. The van der Waals surface area contributed by atoms with Gasteiger partial charge in [0, 0.05) is 51.1 Å². The summed E-state index contributed by atoms with van der Waals surface area (Å²) in [7, 11) is 0. The maximum absolute atomic E-state index is 12.4. The molecule has 0 radical (unpaired) electrons. The van der Waals surface area contributed by atoms with Gasteiger partial charge in [0.25, 0.3) is 0 Å². The molecule has 0 bridgehead atoms. The van der Waals surface area contributed by atoms with Gasteiger partial charge < -0.3 is 4.90 Å². The molecular formula is C20H30N2O2. The van der Waals surface area contributed by atoms with E-state index in [1.54, 1.807) is 0 Å². The summed E-state index contributed by atoms with van der Waals surface area (Å²) in [5, 5.41) is 0. The number of carbonyl (C=O) groups is 2. The first-order chi connectivity index (χ1) is 11.3. The molecule has 1 aliphatic heterocycles. The zero-order valence-corrected chi connectivity index (χ0v) is 15.5. The maximum Gasteiger partial charge on any atom is 0.223 e. The van der Waals surface area contributed by atoms with Crippen molar-refractivity contribution in [3.8, 4) is 0 Å². The Hall–Kier alpha value is -1.68. The number of rotatable bonds is 5. The minimum absolute atomic E-state index is 0.0628. The molecule has 0 atom stereocenters. The molecule has 4 heteroatoms. The number of carbonyl (C=O) groups excluding carboxylic acids is 2. The molecule has 1 heterocycles. The number of amides is 1. The van der Waals surface area contributed by atoms with Crippen LogP contribution in [0.15, 0.2) is 24.3 Å². The zero-order valence-electron chi connectivity index (χ0n) is 15.5. The SMILES string of the molecule is Cc1ccccc1C(=O)CCC(=O)N1CCN(CC(C)(C)C)CC1. The number of hydrogen-bond acceptors (Lipinski definition) is 3. The smallest absolute Gasteiger partial charge is 0.223 e. The third-order valence-electron chi connectivity index (χ3n) is 4.43. The van der Waals surface area contributed by atoms with E-state index in [0.29, 0.717) is 12.8 Å². The fourth-order valence-corrected chi connectivity index (χ4v) is 3.23. The number of ketones is 1. The fraction of sp³-hybridized carbons (Fsp3) is 0.600. The number of hydrogen-bond donors (Lipinski definition) is 0. The van der Waals surface area contributed by atoms with Crippen molar-refractivity contribution in [1.29, 1.82) is 0 Å². The minimum atomic E-state index is 0.0628. The largest absolute Gasteiger partial charge is 0.340 e. The van der Waals surface area contributed by atoms with Crippen LogP contribution in [0.1, 0.15) is 49.5 Å². The first kappa shape index (κ1) is 18.7. The second-order valence-corrected chi connectivity index (χ2v) is 7.96. The second kappa shape index (κ2) is 7.93. The van der Waals surface area contributed by atoms with E-state index in [-0.39, 0.29) is 17.1 Å². The monoisotopic (exact) mass is 330 g/mol. The first-order valence-corrected chi connectivity index (χ1v) is 8.85. The molecule has 0 aromatic heterocycles. The van der Waals surface area contributed by atoms with Gasteiger partial charge in [-0.05, 0) is 17.9 Å². The van der Waals surface area contributed by atoms with Crippen molar-refractivity contribution in [2.75, 3.05) is 32.7 Å². The van der Waals surface area contributed by atoms with Gasteiger partial charge in [-0.25, -0.2) is 0 Å². The number of aryl methyl sites for hydroxylation is 1. The van der Waals surface area contributed by atoms with Crippen LogP contribution in [0.4, 0.5) is 0 Å². The van der Waals surface area contributed by atoms with Gasteiger partial charge in [-0.1, -0.05) is 45.0 Å². The highest BCUT2D eigenvalue weighted by atomic mass is 16.2. The highest BCUT2D eigenvalue weighted by Gasteiger charge is 2.24. The molecule has 24 heavy (non-hydrogen) atoms. The molecule has 1 amide bonds. The predicted molar refractivity (Wildman–Crippen MR) is 97.2 cm³/mol. The standard InChI is InChI=1S/C20H30N2O2/c1-16-7-5-6-8-17(16)18(23)9-10-19(24)22-13-11-21(12-14-22)15-20(2,3)4/h5-8H,9-15H2,1-4H3. The summed E-state index contributed by atoms with van der Waals surface area (Å²) in [6, 6.07) is 7.57. The molecule has 1 aliphatic rings. The van der Waals surface area contributed by atoms with E-state index in [9.17, 15) is 9.59 Å². The summed E-state index contributed by atoms with van der Waals surface area (Å²) in [6.45, 7) is 13.1. The topological polar surface area (TPSA) is 40.6 Å². The van der Waals surface area contributed by atoms with Gasteiger partial charge in [0.1, 0.15) is 0 Å². The van der Waals surface area contributed by atoms with E-state index >= 15 is 0 Å². The van der Waals surface area contributed by atoms with Crippen LogP contribution in [-0.4, -0.2) is 54.2 Å². The Morgan fingerprint density at radius 1 is 1.00 bits per heavy atom. The lowest BCUT2D eigenvalue weighted by Crippen LogP contribution is -2.50. The molecule has 1 saturated heterocycles. The Morgan fingerprint density at radius 3 is 2.21 bits per heavy atom. The van der Waals surface area contributed by atoms with E-state index < -0.39 is 0 Å². The van der Waals surface area contributed by atoms with Gasteiger partial charge in [-0.15, -0.1) is 0 Å². The normalized spacial score (nSPS) is 16.2. The van der Waals surface area contributed by atoms with E-state index in [4.69, 9.17) is 0 Å². The number of Topliss-reactive ketones (excluding diaryl/α,β-unsaturated/α-hetero) is 1. The molecule has 0 unspecified atom stereocenters. The van der Waals surface area contributed by atoms with Crippen molar-refractivity contribution in [3.63, 3.8) is 0 Å². The molecule has 0 spiro atoms. The Balaban J connectivity index is 1.78. The molecule has 2 rings (SSSR count). The van der Waals surface area contributed by atoms with E-state index in [1.807, 2.05) is 36.1 Å². The van der Waals surface area contributed by atoms with Crippen LogP contribution in [0, 0.1) is 12.3 Å². The Kier molecular flexibility index (Phi) is 6.16. The van der Waals surface area contributed by atoms with Crippen LogP contribution < -0.4 is 0 Å². The predicted octanol–water partition coefficient (Wildman–Crippen LogP) is 3.15. The van der Waals surface area contributed by atoms with Crippen LogP contribution in [-0.2, 0) is 4.79 Å². The summed E-state index contributed by atoms with van der Waals surface area (Å²) in [5.74, 6) is 0.167. The van der Waals surface area contributed by atoms with Crippen molar-refractivity contribution >= 4 is 11.7 Å². The van der Waals surface area contributed by atoms with Crippen LogP contribution >= 0.6 is 0 Å². The summed E-state index contributed by atoms with van der Waals surface area (Å²) in [4.78, 5) is 29.0. The average molecular weight is 330 g/mol. The third-order valence-corrected chi connectivity index (χ3v) is 4.43. The molecule has 1 fully saturated rings. The van der Waals surface area contributed by atoms with Crippen molar-refractivity contribution in [1.82, 2.24) is 9.80 Å². The van der Waals surface area contributed by atoms with Gasteiger partial charge in [0.15, 0.2) is 5.78 Å². The molecular weight excluding hydrogens is 300 g/mol. The van der Waals surface area contributed by atoms with Gasteiger partial charge in [-0.2, -0.15) is 0 Å². The van der Waals surface area contributed by atoms with Gasteiger partial charge in [0.2, 0.25) is 5.91 Å². The lowest BCUT2D eigenvalue weighted by molar-refractivity contribution is -0.133. The Bertz CT molecular complexity index is 582. The fourth-order valence-electron chi connectivity index (χ4n) is 3.23. The van der Waals surface area contributed by atoms with Crippen LogP contribution in [0.2, 0.25) is 0 Å². The Morgan fingerprint density at radius 2 is 1.62 bits per heavy atom. The molecule has 4 nitrogen and oxygen atoms in total. The van der Waals surface area contributed by atoms with Crippen LogP contribution in [0.25, 0.3) is 0 Å². The van der Waals surface area contributed by atoms with Crippen LogP contribution in [0.3, 0.4) is 0 Å². The molecule has 0 saturated carbocycles. The van der Waals surface area contributed by atoms with Gasteiger partial charge in [0.05, 0.1) is 0 Å². The van der Waals surface area contributed by atoms with E-state index in [1.165, 1.54) is 0 Å². The van der Waals surface area contributed by atoms with Gasteiger partial charge in [-0.3, -0.25) is 14.5 Å². The van der Waals surface area contributed by atoms with Crippen molar-refractivity contribution in [2.45, 2.75) is 40.5 Å². The first-order valence-electron chi connectivity index (χ1n) is 8.85. The summed E-state index contributed by atoms with van der Waals surface area (Å²) in [6.07, 6.45) is 0.609. The maximum atomic E-state index is 12.4. The zero-order chi connectivity index (χ0) is 17.7. The molecule has 0 N–H and O–H groups in total. The van der Waals surface area contributed by atoms with Crippen molar-refractivity contribution in [3.05, 3.63) is 35.4 Å². The Labute approximate surface area is 145 Å². The number of nitrogens with zero attached hydrogens (tertiary/aromatic N) is 2. The molecule has 0 aliphatic carbocycles.